The summed E-state index contributed by atoms with van der Waals surface area (Å²) >= 11 is 0. The smallest absolute Gasteiger partial charge is 0.300 e. The fraction of sp³-hybridized carbons (Fsp3) is 0.121. The normalized spacial score (nSPS) is 12.7. The molecule has 0 aliphatic heterocycles. The van der Waals surface area contributed by atoms with Crippen molar-refractivity contribution in [3.05, 3.63) is 117 Å². The van der Waals surface area contributed by atoms with Crippen molar-refractivity contribution in [3.63, 3.8) is 0 Å². The maximum Gasteiger partial charge on any atom is 0.300 e. The number of hydrogen-bond donors (Lipinski definition) is 3. The lowest BCUT2D eigenvalue weighted by Crippen LogP contribution is -2.34. The predicted molar refractivity (Wildman–Crippen MR) is 178 cm³/mol. The van der Waals surface area contributed by atoms with E-state index in [1.165, 1.54) is 17.8 Å². The van der Waals surface area contributed by atoms with Gasteiger partial charge in [-0.1, -0.05) is 48.3 Å². The second-order valence-corrected chi connectivity index (χ2v) is 12.4. The Morgan fingerprint density at radius 2 is 1.83 bits per heavy atom. The van der Waals surface area contributed by atoms with Gasteiger partial charge in [-0.15, -0.1) is 5.10 Å². The summed E-state index contributed by atoms with van der Waals surface area (Å²) in [6, 6.07) is 13.8. The third-order valence-electron chi connectivity index (χ3n) is 7.81. The van der Waals surface area contributed by atoms with Crippen molar-refractivity contribution < 1.29 is 13.2 Å². The molecule has 47 heavy (non-hydrogen) atoms. The van der Waals surface area contributed by atoms with Crippen LogP contribution in [-0.4, -0.2) is 50.3 Å². The van der Waals surface area contributed by atoms with Crippen LogP contribution in [0.3, 0.4) is 0 Å². The Morgan fingerprint density at radius 1 is 1.02 bits per heavy atom. The Morgan fingerprint density at radius 3 is 2.57 bits per heavy atom. The van der Waals surface area contributed by atoms with E-state index in [4.69, 9.17) is 0 Å². The molecule has 4 aromatic heterocycles. The zero-order chi connectivity index (χ0) is 32.9. The molecule has 1 aliphatic carbocycles. The van der Waals surface area contributed by atoms with Crippen molar-refractivity contribution in [3.8, 4) is 17.5 Å². The van der Waals surface area contributed by atoms with Crippen LogP contribution in [0.25, 0.3) is 34.3 Å². The van der Waals surface area contributed by atoms with E-state index in [9.17, 15) is 18.0 Å². The average Bonchev–Trinajstić information content (AvgIpc) is 3.78. The quantitative estimate of drug-likeness (QED) is 0.225. The fourth-order valence-corrected chi connectivity index (χ4v) is 6.25. The number of benzene rings is 2. The van der Waals surface area contributed by atoms with Crippen LogP contribution >= 0.6 is 0 Å². The zero-order valence-corrected chi connectivity index (χ0v) is 26.2. The van der Waals surface area contributed by atoms with Crippen molar-refractivity contribution in [2.24, 2.45) is 7.05 Å². The van der Waals surface area contributed by atoms with Crippen LogP contribution < -0.4 is 20.3 Å². The number of carbonyl (C=O) groups excluding carboxylic acids is 1. The van der Waals surface area contributed by atoms with E-state index in [0.717, 1.165) is 16.5 Å². The molecule has 1 aliphatic rings. The number of aryl methyl sites for hydroxylation is 1. The Hall–Kier alpha value is -6.04. The number of fused-ring (bicyclic) bond motifs is 1. The van der Waals surface area contributed by atoms with E-state index in [1.807, 2.05) is 61.7 Å². The highest BCUT2D eigenvalue weighted by Crippen LogP contribution is 2.37. The molecule has 1 amide bonds. The summed E-state index contributed by atoms with van der Waals surface area (Å²) in [5.74, 6) is 5.44. The molecular weight excluding hydrogens is 618 g/mol. The number of amides is 1. The number of nitrogens with zero attached hydrogens (tertiary/aromatic N) is 6. The molecule has 7 rings (SSSR count). The van der Waals surface area contributed by atoms with Crippen LogP contribution in [-0.2, 0) is 17.3 Å². The maximum atomic E-state index is 14.6. The molecule has 0 saturated carbocycles. The minimum atomic E-state index is -4.01. The Labute approximate surface area is 268 Å². The van der Waals surface area contributed by atoms with Crippen molar-refractivity contribution in [1.82, 2.24) is 39.0 Å². The largest absolute Gasteiger partial charge is 0.344 e. The number of carbonyl (C=O) groups is 1. The van der Waals surface area contributed by atoms with Gasteiger partial charge in [0.2, 0.25) is 0 Å². The third kappa shape index (κ3) is 5.23. The lowest BCUT2D eigenvalue weighted by atomic mass is 9.96. The molecule has 2 aromatic carbocycles. The summed E-state index contributed by atoms with van der Waals surface area (Å²) in [6.07, 6.45) is 10.4. The molecule has 1 atom stereocenters. The molecule has 0 unspecified atom stereocenters. The van der Waals surface area contributed by atoms with Gasteiger partial charge < -0.3 is 5.32 Å². The molecule has 0 bridgehead atoms. The monoisotopic (exact) mass is 645 g/mol. The molecule has 13 nitrogen and oxygen atoms in total. The first-order valence-corrected chi connectivity index (χ1v) is 16.0. The van der Waals surface area contributed by atoms with Gasteiger partial charge in [-0.25, -0.2) is 14.2 Å². The van der Waals surface area contributed by atoms with Gasteiger partial charge in [-0.05, 0) is 36.8 Å². The first-order chi connectivity index (χ1) is 22.6. The van der Waals surface area contributed by atoms with Gasteiger partial charge in [0.05, 0.1) is 28.9 Å². The number of anilines is 1. The summed E-state index contributed by atoms with van der Waals surface area (Å²) in [4.78, 5) is 32.9. The fourth-order valence-electron chi connectivity index (χ4n) is 5.75. The molecule has 6 aromatic rings. The van der Waals surface area contributed by atoms with Gasteiger partial charge >= 0.3 is 0 Å². The number of pyridine rings is 1. The molecule has 0 radical (unpaired) electrons. The van der Waals surface area contributed by atoms with Gasteiger partial charge in [0.15, 0.2) is 11.5 Å². The molecule has 0 fully saturated rings. The van der Waals surface area contributed by atoms with E-state index in [0.29, 0.717) is 27.9 Å². The highest BCUT2D eigenvalue weighted by atomic mass is 32.2. The molecular formula is C33H27N9O4S. The van der Waals surface area contributed by atoms with E-state index in [1.54, 1.807) is 40.8 Å². The van der Waals surface area contributed by atoms with Crippen LogP contribution in [0.2, 0.25) is 0 Å². The van der Waals surface area contributed by atoms with E-state index < -0.39 is 22.2 Å². The standard InChI is InChI=1S/C33H27N9O4S/c1-20(37-32(43)28-30(39-47(45,46)34-2)38-41-17-7-16-35-31(28)41)29-25-15-14-22-12-13-23(11-10-21-18-36-40(3)19-21)27(26(22)25)33(44)42(29)24-8-5-4-6-9-24/h4-9,12-20,34H,1-3H3,(H,37,43)(H,38,39)/t20-/m1/s1. The van der Waals surface area contributed by atoms with Crippen molar-refractivity contribution in [2.75, 3.05) is 11.8 Å². The number of para-hydroxylation sites is 1. The predicted octanol–water partition coefficient (Wildman–Crippen LogP) is 3.02. The minimum absolute atomic E-state index is 0.0775. The zero-order valence-electron chi connectivity index (χ0n) is 25.4. The summed E-state index contributed by atoms with van der Waals surface area (Å²) in [6.45, 7) is 1.77. The molecule has 3 N–H and O–H groups in total. The minimum Gasteiger partial charge on any atom is -0.344 e. The molecule has 0 saturated heterocycles. The third-order valence-corrected chi connectivity index (χ3v) is 8.81. The second kappa shape index (κ2) is 11.4. The van der Waals surface area contributed by atoms with Crippen LogP contribution in [0.5, 0.6) is 0 Å². The lowest BCUT2D eigenvalue weighted by molar-refractivity contribution is 0.0941. The van der Waals surface area contributed by atoms with E-state index in [2.05, 4.69) is 41.8 Å². The highest BCUT2D eigenvalue weighted by molar-refractivity contribution is 7.90. The van der Waals surface area contributed by atoms with Crippen molar-refractivity contribution >= 4 is 50.5 Å². The SMILES string of the molecule is CNS(=O)(=O)Nc1nn2cccnc2c1C(=O)N[C@H](C)c1c2c3c(ccc(C#Cc4cnn(C)c4)c3c(=O)n1-c1ccccc1)C=C2. The summed E-state index contributed by atoms with van der Waals surface area (Å²) < 4.78 is 33.8. The number of nitrogens with one attached hydrogen (secondary N) is 3. The summed E-state index contributed by atoms with van der Waals surface area (Å²) in [5, 5.41) is 12.6. The van der Waals surface area contributed by atoms with E-state index >= 15 is 0 Å². The number of rotatable bonds is 7. The average molecular weight is 646 g/mol. The van der Waals surface area contributed by atoms with Crippen LogP contribution in [0, 0.1) is 11.8 Å². The van der Waals surface area contributed by atoms with E-state index in [-0.39, 0.29) is 22.6 Å². The summed E-state index contributed by atoms with van der Waals surface area (Å²) in [7, 11) is -0.966. The number of hydrogen-bond acceptors (Lipinski definition) is 7. The highest BCUT2D eigenvalue weighted by Gasteiger charge is 2.29. The van der Waals surface area contributed by atoms with Gasteiger partial charge in [-0.2, -0.15) is 13.5 Å². The van der Waals surface area contributed by atoms with Gasteiger partial charge in [-0.3, -0.25) is 23.6 Å². The number of aromatic nitrogens is 6. The Balaban J connectivity index is 1.39. The van der Waals surface area contributed by atoms with Gasteiger partial charge in [0.25, 0.3) is 21.7 Å². The Bertz CT molecular complexity index is 2500. The van der Waals surface area contributed by atoms with Gasteiger partial charge in [0.1, 0.15) is 5.56 Å². The van der Waals surface area contributed by atoms with Crippen molar-refractivity contribution in [2.45, 2.75) is 13.0 Å². The van der Waals surface area contributed by atoms with Crippen LogP contribution in [0.4, 0.5) is 5.82 Å². The second-order valence-electron chi connectivity index (χ2n) is 10.8. The van der Waals surface area contributed by atoms with Crippen molar-refractivity contribution in [1.29, 1.82) is 0 Å². The first-order valence-electron chi connectivity index (χ1n) is 14.5. The molecule has 0 spiro atoms. The van der Waals surface area contributed by atoms with Crippen LogP contribution in [0.1, 0.15) is 51.3 Å². The van der Waals surface area contributed by atoms with Gasteiger partial charge in [0, 0.05) is 54.9 Å². The topological polar surface area (TPSA) is 157 Å². The van der Waals surface area contributed by atoms with Crippen LogP contribution in [0.15, 0.2) is 78.1 Å². The maximum absolute atomic E-state index is 14.6. The molecule has 234 valence electrons. The summed E-state index contributed by atoms with van der Waals surface area (Å²) in [5.41, 5.74) is 3.80. The molecule has 14 heteroatoms. The lowest BCUT2D eigenvalue weighted by Gasteiger charge is -2.23. The Kier molecular flexibility index (Phi) is 7.19. The molecule has 4 heterocycles. The first kappa shape index (κ1) is 29.7.